The molecule has 116 valence electrons. The van der Waals surface area contributed by atoms with Gasteiger partial charge in [0.05, 0.1) is 11.2 Å². The average Bonchev–Trinajstić information content (AvgIpc) is 2.73. The zero-order chi connectivity index (χ0) is 16.2. The van der Waals surface area contributed by atoms with Gasteiger partial charge in [-0.25, -0.2) is 4.79 Å². The van der Waals surface area contributed by atoms with Crippen LogP contribution in [0.2, 0.25) is 0 Å². The molecule has 6 nitrogen and oxygen atoms in total. The number of hydrogen-bond acceptors (Lipinski definition) is 4. The summed E-state index contributed by atoms with van der Waals surface area (Å²) < 4.78 is 1.67. The quantitative estimate of drug-likeness (QED) is 0.567. The van der Waals surface area contributed by atoms with Crippen molar-refractivity contribution in [3.8, 4) is 0 Å². The lowest BCUT2D eigenvalue weighted by atomic mass is 10.1. The van der Waals surface area contributed by atoms with E-state index >= 15 is 0 Å². The molecule has 1 atom stereocenters. The lowest BCUT2D eigenvalue weighted by molar-refractivity contribution is -0.138. The van der Waals surface area contributed by atoms with Crippen LogP contribution in [0.15, 0.2) is 17.1 Å². The highest BCUT2D eigenvalue weighted by molar-refractivity contribution is 7.80. The van der Waals surface area contributed by atoms with Gasteiger partial charge in [0.15, 0.2) is 0 Å². The molecular formula is C14H21N3O3S. The molecule has 0 radical (unpaired) electrons. The molecule has 1 amide bonds. The molecule has 0 fully saturated rings. The number of aliphatic imine (C=N–C) groups is 1. The minimum atomic E-state index is -1.11. The summed E-state index contributed by atoms with van der Waals surface area (Å²) in [7, 11) is 1.73. The normalized spacial score (nSPS) is 13.4. The van der Waals surface area contributed by atoms with Crippen LogP contribution in [0.25, 0.3) is 0 Å². The summed E-state index contributed by atoms with van der Waals surface area (Å²) in [6.45, 7) is 5.93. The Morgan fingerprint density at radius 2 is 2.10 bits per heavy atom. The third kappa shape index (κ3) is 4.93. The Hall–Kier alpha value is -1.76. The zero-order valence-electron chi connectivity index (χ0n) is 12.6. The van der Waals surface area contributed by atoms with E-state index in [9.17, 15) is 9.59 Å². The predicted octanol–water partition coefficient (Wildman–Crippen LogP) is 1.36. The van der Waals surface area contributed by atoms with Crippen molar-refractivity contribution in [2.24, 2.45) is 12.0 Å². The number of nitrogens with one attached hydrogen (secondary N) is 1. The van der Waals surface area contributed by atoms with E-state index in [1.54, 1.807) is 30.0 Å². The number of carbonyl (C=O) groups excluding carboxylic acids is 1. The molecule has 0 aliphatic heterocycles. The minimum absolute atomic E-state index is 0.0316. The molecule has 7 heteroatoms. The van der Waals surface area contributed by atoms with E-state index in [1.807, 2.05) is 20.8 Å². The van der Waals surface area contributed by atoms with Crippen LogP contribution in [0.5, 0.6) is 0 Å². The smallest absolute Gasteiger partial charge is 0.327 e. The van der Waals surface area contributed by atoms with Gasteiger partial charge in [0.25, 0.3) is 5.91 Å². The molecular weight excluding hydrogens is 290 g/mol. The van der Waals surface area contributed by atoms with Crippen molar-refractivity contribution in [3.63, 3.8) is 0 Å². The van der Waals surface area contributed by atoms with Crippen molar-refractivity contribution < 1.29 is 14.7 Å². The molecule has 1 heterocycles. The van der Waals surface area contributed by atoms with Gasteiger partial charge in [0, 0.05) is 19.0 Å². The summed E-state index contributed by atoms with van der Waals surface area (Å²) >= 11 is 3.91. The highest BCUT2D eigenvalue weighted by Gasteiger charge is 2.21. The Kier molecular flexibility index (Phi) is 5.60. The number of hydrogen-bond donors (Lipinski definition) is 3. The van der Waals surface area contributed by atoms with Gasteiger partial charge in [0.1, 0.15) is 11.7 Å². The number of aromatic nitrogens is 1. The molecule has 0 aromatic carbocycles. The van der Waals surface area contributed by atoms with E-state index in [-0.39, 0.29) is 11.3 Å². The highest BCUT2D eigenvalue weighted by atomic mass is 32.1. The fourth-order valence-electron chi connectivity index (χ4n) is 1.56. The average molecular weight is 311 g/mol. The second-order valence-corrected chi connectivity index (χ2v) is 6.04. The highest BCUT2D eigenvalue weighted by Crippen LogP contribution is 2.10. The van der Waals surface area contributed by atoms with Crippen molar-refractivity contribution in [1.29, 1.82) is 0 Å². The van der Waals surface area contributed by atoms with Crippen LogP contribution in [0.1, 0.15) is 37.0 Å². The van der Waals surface area contributed by atoms with Crippen LogP contribution >= 0.6 is 12.6 Å². The first-order chi connectivity index (χ1) is 9.65. The lowest BCUT2D eigenvalue weighted by Gasteiger charge is -2.13. The third-order valence-electron chi connectivity index (χ3n) is 2.76. The number of rotatable bonds is 5. The van der Waals surface area contributed by atoms with Crippen molar-refractivity contribution >= 4 is 30.7 Å². The van der Waals surface area contributed by atoms with Gasteiger partial charge in [-0.3, -0.25) is 9.79 Å². The standard InChI is InChI=1S/C14H21N3O3S/c1-14(2,3)15-7-9-5-6-11(17(9)4)12(18)16-10(8-21)13(19)20/h5-7,10,21H,8H2,1-4H3,(H,16,18)(H,19,20). The van der Waals surface area contributed by atoms with E-state index in [0.29, 0.717) is 5.69 Å². The fourth-order valence-corrected chi connectivity index (χ4v) is 1.81. The predicted molar refractivity (Wildman–Crippen MR) is 85.5 cm³/mol. The van der Waals surface area contributed by atoms with Crippen molar-refractivity contribution in [3.05, 3.63) is 23.5 Å². The van der Waals surface area contributed by atoms with Crippen molar-refractivity contribution in [1.82, 2.24) is 9.88 Å². The number of nitrogens with zero attached hydrogens (tertiary/aromatic N) is 2. The van der Waals surface area contributed by atoms with E-state index in [4.69, 9.17) is 5.11 Å². The Balaban J connectivity index is 2.91. The first kappa shape index (κ1) is 17.3. The van der Waals surface area contributed by atoms with Gasteiger partial charge in [-0.05, 0) is 32.9 Å². The fraction of sp³-hybridized carbons (Fsp3) is 0.500. The Bertz CT molecular complexity index is 558. The molecule has 0 saturated carbocycles. The van der Waals surface area contributed by atoms with Gasteiger partial charge in [0.2, 0.25) is 0 Å². The van der Waals surface area contributed by atoms with E-state index in [0.717, 1.165) is 5.69 Å². The van der Waals surface area contributed by atoms with Gasteiger partial charge in [-0.2, -0.15) is 12.6 Å². The second kappa shape index (κ2) is 6.80. The summed E-state index contributed by atoms with van der Waals surface area (Å²) in [6, 6.07) is 2.39. The Morgan fingerprint density at radius 1 is 1.48 bits per heavy atom. The van der Waals surface area contributed by atoms with Crippen LogP contribution in [0.4, 0.5) is 0 Å². The lowest BCUT2D eigenvalue weighted by Crippen LogP contribution is -2.42. The Labute approximate surface area is 129 Å². The molecule has 0 aliphatic rings. The van der Waals surface area contributed by atoms with Crippen LogP contribution in [0, 0.1) is 0 Å². The zero-order valence-corrected chi connectivity index (χ0v) is 13.5. The number of carboxylic acid groups (broad SMARTS) is 1. The molecule has 0 bridgehead atoms. The van der Waals surface area contributed by atoms with Crippen LogP contribution in [-0.2, 0) is 11.8 Å². The molecule has 0 aliphatic carbocycles. The molecule has 0 saturated heterocycles. The number of aliphatic carboxylic acids is 1. The Morgan fingerprint density at radius 3 is 2.57 bits per heavy atom. The molecule has 1 rings (SSSR count). The van der Waals surface area contributed by atoms with Gasteiger partial charge in [-0.1, -0.05) is 0 Å². The van der Waals surface area contributed by atoms with Gasteiger partial charge < -0.3 is 15.0 Å². The maximum Gasteiger partial charge on any atom is 0.327 e. The number of carboxylic acids is 1. The number of amides is 1. The molecule has 1 unspecified atom stereocenters. The van der Waals surface area contributed by atoms with Crippen molar-refractivity contribution in [2.45, 2.75) is 32.4 Å². The summed E-state index contributed by atoms with van der Waals surface area (Å²) in [5.74, 6) is -1.53. The number of carbonyl (C=O) groups is 2. The van der Waals surface area contributed by atoms with Gasteiger partial charge >= 0.3 is 5.97 Å². The van der Waals surface area contributed by atoms with Crippen LogP contribution in [-0.4, -0.2) is 45.1 Å². The largest absolute Gasteiger partial charge is 0.480 e. The first-order valence-electron chi connectivity index (χ1n) is 6.51. The maximum atomic E-state index is 12.1. The summed E-state index contributed by atoms with van der Waals surface area (Å²) in [6.07, 6.45) is 1.70. The summed E-state index contributed by atoms with van der Waals surface area (Å²) in [5.41, 5.74) is 0.943. The molecule has 1 aromatic rings. The molecule has 2 N–H and O–H groups in total. The minimum Gasteiger partial charge on any atom is -0.480 e. The first-order valence-corrected chi connectivity index (χ1v) is 7.14. The molecule has 1 aromatic heterocycles. The van der Waals surface area contributed by atoms with E-state index in [2.05, 4.69) is 22.9 Å². The number of thiol groups is 1. The van der Waals surface area contributed by atoms with Crippen LogP contribution < -0.4 is 5.32 Å². The maximum absolute atomic E-state index is 12.1. The van der Waals surface area contributed by atoms with Crippen molar-refractivity contribution in [2.75, 3.05) is 5.75 Å². The third-order valence-corrected chi connectivity index (χ3v) is 3.13. The molecule has 21 heavy (non-hydrogen) atoms. The molecule has 0 spiro atoms. The van der Waals surface area contributed by atoms with Crippen LogP contribution in [0.3, 0.4) is 0 Å². The summed E-state index contributed by atoms with van der Waals surface area (Å²) in [5, 5.41) is 11.4. The SMILES string of the molecule is Cn1c(C=NC(C)(C)C)ccc1C(=O)NC(CS)C(=O)O. The van der Waals surface area contributed by atoms with E-state index in [1.165, 1.54) is 0 Å². The van der Waals surface area contributed by atoms with E-state index < -0.39 is 17.9 Å². The monoisotopic (exact) mass is 311 g/mol. The second-order valence-electron chi connectivity index (χ2n) is 5.68. The topological polar surface area (TPSA) is 83.7 Å². The van der Waals surface area contributed by atoms with Gasteiger partial charge in [-0.15, -0.1) is 0 Å². The summed E-state index contributed by atoms with van der Waals surface area (Å²) in [4.78, 5) is 27.4.